The van der Waals surface area contributed by atoms with Gasteiger partial charge in [0.25, 0.3) is 0 Å². The summed E-state index contributed by atoms with van der Waals surface area (Å²) in [5.74, 6) is 0.969. The molecule has 140 valence electrons. The number of halogens is 1. The second-order valence-corrected chi connectivity index (χ2v) is 7.06. The number of nitrogens with two attached hydrogens (primary N) is 1. The molecule has 24 heavy (non-hydrogen) atoms. The van der Waals surface area contributed by atoms with Gasteiger partial charge in [0, 0.05) is 32.1 Å². The van der Waals surface area contributed by atoms with Crippen molar-refractivity contribution in [3.8, 4) is 0 Å². The van der Waals surface area contributed by atoms with E-state index in [9.17, 15) is 9.59 Å². The second kappa shape index (κ2) is 10.9. The maximum atomic E-state index is 12.4. The SMILES string of the molecule is CC(CC(=O)NC(CC(N)=O)C1CCOCC1)C1CCNCC1.Cl. The summed E-state index contributed by atoms with van der Waals surface area (Å²) in [7, 11) is 0. The number of hydrogen-bond donors (Lipinski definition) is 3. The quantitative estimate of drug-likeness (QED) is 0.635. The van der Waals surface area contributed by atoms with Crippen molar-refractivity contribution in [1.29, 1.82) is 0 Å². The first-order valence-corrected chi connectivity index (χ1v) is 8.92. The third-order valence-electron chi connectivity index (χ3n) is 5.30. The topological polar surface area (TPSA) is 93.5 Å². The number of ether oxygens (including phenoxy) is 1. The lowest BCUT2D eigenvalue weighted by Gasteiger charge is -2.32. The molecular formula is C17H32ClN3O3. The van der Waals surface area contributed by atoms with Gasteiger partial charge < -0.3 is 21.1 Å². The molecule has 0 aromatic rings. The van der Waals surface area contributed by atoms with E-state index in [1.165, 1.54) is 0 Å². The van der Waals surface area contributed by atoms with Crippen molar-refractivity contribution in [1.82, 2.24) is 10.6 Å². The van der Waals surface area contributed by atoms with Gasteiger partial charge >= 0.3 is 0 Å². The van der Waals surface area contributed by atoms with Crippen molar-refractivity contribution in [2.24, 2.45) is 23.5 Å². The highest BCUT2D eigenvalue weighted by Crippen LogP contribution is 2.25. The molecule has 2 heterocycles. The van der Waals surface area contributed by atoms with E-state index in [1.54, 1.807) is 0 Å². The normalized spacial score (nSPS) is 22.2. The first kappa shape index (κ1) is 21.2. The Morgan fingerprint density at radius 1 is 1.12 bits per heavy atom. The highest BCUT2D eigenvalue weighted by atomic mass is 35.5. The van der Waals surface area contributed by atoms with Crippen molar-refractivity contribution < 1.29 is 14.3 Å². The maximum absolute atomic E-state index is 12.4. The summed E-state index contributed by atoms with van der Waals surface area (Å²) >= 11 is 0. The monoisotopic (exact) mass is 361 g/mol. The van der Waals surface area contributed by atoms with Crippen LogP contribution < -0.4 is 16.4 Å². The molecule has 0 bridgehead atoms. The Kier molecular flexibility index (Phi) is 9.63. The van der Waals surface area contributed by atoms with Gasteiger partial charge in [0.15, 0.2) is 0 Å². The number of hydrogen-bond acceptors (Lipinski definition) is 4. The molecule has 0 radical (unpaired) electrons. The lowest BCUT2D eigenvalue weighted by molar-refractivity contribution is -0.124. The minimum absolute atomic E-state index is 0. The molecule has 2 rings (SSSR count). The van der Waals surface area contributed by atoms with Gasteiger partial charge in [-0.3, -0.25) is 9.59 Å². The summed E-state index contributed by atoms with van der Waals surface area (Å²) in [6.45, 7) is 5.64. The van der Waals surface area contributed by atoms with Gasteiger partial charge in [-0.1, -0.05) is 6.92 Å². The van der Waals surface area contributed by atoms with Gasteiger partial charge in [-0.25, -0.2) is 0 Å². The summed E-state index contributed by atoms with van der Waals surface area (Å²) in [5.41, 5.74) is 5.37. The molecule has 2 aliphatic rings. The first-order chi connectivity index (χ1) is 11.1. The molecule has 2 fully saturated rings. The zero-order valence-corrected chi connectivity index (χ0v) is 15.4. The molecule has 6 nitrogen and oxygen atoms in total. The number of amides is 2. The highest BCUT2D eigenvalue weighted by Gasteiger charge is 2.28. The van der Waals surface area contributed by atoms with E-state index in [4.69, 9.17) is 10.5 Å². The summed E-state index contributed by atoms with van der Waals surface area (Å²) in [5, 5.41) is 6.43. The summed E-state index contributed by atoms with van der Waals surface area (Å²) in [6.07, 6.45) is 4.78. The fourth-order valence-corrected chi connectivity index (χ4v) is 3.81. The van der Waals surface area contributed by atoms with E-state index in [1.807, 2.05) is 0 Å². The van der Waals surface area contributed by atoms with E-state index < -0.39 is 0 Å². The van der Waals surface area contributed by atoms with Crippen molar-refractivity contribution in [3.63, 3.8) is 0 Å². The van der Waals surface area contributed by atoms with E-state index in [0.717, 1.165) is 38.8 Å². The van der Waals surface area contributed by atoms with Gasteiger partial charge in [0.05, 0.1) is 0 Å². The van der Waals surface area contributed by atoms with Crippen LogP contribution in [0.2, 0.25) is 0 Å². The Balaban J connectivity index is 0.00000288. The lowest BCUT2D eigenvalue weighted by Crippen LogP contribution is -2.45. The molecule has 4 N–H and O–H groups in total. The Hall–Kier alpha value is -0.850. The fraction of sp³-hybridized carbons (Fsp3) is 0.882. The molecule has 2 saturated heterocycles. The Morgan fingerprint density at radius 2 is 1.75 bits per heavy atom. The lowest BCUT2D eigenvalue weighted by atomic mass is 9.83. The van der Waals surface area contributed by atoms with Gasteiger partial charge in [-0.15, -0.1) is 12.4 Å². The molecule has 0 aliphatic carbocycles. The van der Waals surface area contributed by atoms with Gasteiger partial charge in [0.2, 0.25) is 11.8 Å². The maximum Gasteiger partial charge on any atom is 0.220 e. The predicted molar refractivity (Wildman–Crippen MR) is 95.9 cm³/mol. The number of piperidine rings is 1. The van der Waals surface area contributed by atoms with Crippen LogP contribution in [-0.2, 0) is 14.3 Å². The number of nitrogens with one attached hydrogen (secondary N) is 2. The zero-order valence-electron chi connectivity index (χ0n) is 14.6. The number of rotatable bonds is 7. The smallest absolute Gasteiger partial charge is 0.220 e. The van der Waals surface area contributed by atoms with Crippen LogP contribution in [0, 0.1) is 17.8 Å². The van der Waals surface area contributed by atoms with E-state index in [0.29, 0.717) is 31.5 Å². The van der Waals surface area contributed by atoms with Crippen molar-refractivity contribution in [2.45, 2.75) is 51.5 Å². The van der Waals surface area contributed by atoms with Crippen LogP contribution >= 0.6 is 12.4 Å². The highest BCUT2D eigenvalue weighted by molar-refractivity contribution is 5.85. The van der Waals surface area contributed by atoms with Crippen LogP contribution in [-0.4, -0.2) is 44.2 Å². The van der Waals surface area contributed by atoms with E-state index >= 15 is 0 Å². The Labute approximate surface area is 151 Å². The van der Waals surface area contributed by atoms with Crippen molar-refractivity contribution >= 4 is 24.2 Å². The third kappa shape index (κ3) is 6.95. The number of primary amides is 1. The number of carbonyl (C=O) groups is 2. The van der Waals surface area contributed by atoms with Crippen LogP contribution in [0.4, 0.5) is 0 Å². The minimum Gasteiger partial charge on any atom is -0.381 e. The summed E-state index contributed by atoms with van der Waals surface area (Å²) in [6, 6.07) is -0.149. The van der Waals surface area contributed by atoms with Gasteiger partial charge in [-0.05, 0) is 56.5 Å². The molecule has 2 unspecified atom stereocenters. The van der Waals surface area contributed by atoms with Gasteiger partial charge in [-0.2, -0.15) is 0 Å². The molecule has 2 aliphatic heterocycles. The Morgan fingerprint density at radius 3 is 2.33 bits per heavy atom. The second-order valence-electron chi connectivity index (χ2n) is 7.06. The number of carbonyl (C=O) groups excluding carboxylic acids is 2. The third-order valence-corrected chi connectivity index (χ3v) is 5.30. The molecule has 0 saturated carbocycles. The zero-order chi connectivity index (χ0) is 16.7. The molecule has 2 amide bonds. The summed E-state index contributed by atoms with van der Waals surface area (Å²) < 4.78 is 5.37. The Bertz CT molecular complexity index is 397. The predicted octanol–water partition coefficient (Wildman–Crippen LogP) is 1.22. The molecule has 7 heteroatoms. The van der Waals surface area contributed by atoms with Crippen molar-refractivity contribution in [3.05, 3.63) is 0 Å². The average Bonchev–Trinajstić information content (AvgIpc) is 2.55. The van der Waals surface area contributed by atoms with E-state index in [-0.39, 0.29) is 42.6 Å². The van der Waals surface area contributed by atoms with Crippen LogP contribution in [0.5, 0.6) is 0 Å². The van der Waals surface area contributed by atoms with Gasteiger partial charge in [0.1, 0.15) is 0 Å². The van der Waals surface area contributed by atoms with E-state index in [2.05, 4.69) is 17.6 Å². The molecule has 0 spiro atoms. The molecule has 0 aromatic carbocycles. The van der Waals surface area contributed by atoms with Crippen LogP contribution in [0.1, 0.15) is 45.4 Å². The van der Waals surface area contributed by atoms with Crippen LogP contribution in [0.15, 0.2) is 0 Å². The molecular weight excluding hydrogens is 330 g/mol. The minimum atomic E-state index is -0.354. The molecule has 0 aromatic heterocycles. The molecule has 2 atom stereocenters. The largest absolute Gasteiger partial charge is 0.381 e. The summed E-state index contributed by atoms with van der Waals surface area (Å²) in [4.78, 5) is 23.8. The van der Waals surface area contributed by atoms with Crippen molar-refractivity contribution in [2.75, 3.05) is 26.3 Å². The van der Waals surface area contributed by atoms with Crippen LogP contribution in [0.3, 0.4) is 0 Å². The van der Waals surface area contributed by atoms with Crippen LogP contribution in [0.25, 0.3) is 0 Å². The first-order valence-electron chi connectivity index (χ1n) is 8.92. The average molecular weight is 362 g/mol. The fourth-order valence-electron chi connectivity index (χ4n) is 3.81. The standard InChI is InChI=1S/C17H31N3O3.ClH/c1-12(13-2-6-19-7-3-13)10-17(22)20-15(11-16(18)21)14-4-8-23-9-5-14;/h12-15,19H,2-11H2,1H3,(H2,18,21)(H,20,22);1H.